The summed E-state index contributed by atoms with van der Waals surface area (Å²) in [5.41, 5.74) is -0.281. The van der Waals surface area contributed by atoms with Gasteiger partial charge in [0.05, 0.1) is 16.0 Å². The van der Waals surface area contributed by atoms with Crippen molar-refractivity contribution in [2.24, 2.45) is 0 Å². The molecule has 0 bridgehead atoms. The third kappa shape index (κ3) is 5.72. The first-order chi connectivity index (χ1) is 15.2. The smallest absolute Gasteiger partial charge is 0.288 e. The topological polar surface area (TPSA) is 95.5 Å². The first-order valence-corrected chi connectivity index (χ1v) is 10.8. The van der Waals surface area contributed by atoms with Crippen molar-refractivity contribution in [2.75, 3.05) is 0 Å². The van der Waals surface area contributed by atoms with Gasteiger partial charge in [-0.15, -0.1) is 0 Å². The number of amides is 1. The summed E-state index contributed by atoms with van der Waals surface area (Å²) in [6.45, 7) is 0. The SMILES string of the molecule is O=C(/C=C/c1ccc2c(c1)CCC2NS(=O)(=O)c1cc(C(F)(F)F)cc(C(F)(F)F)c1)NO. The lowest BCUT2D eigenvalue weighted by atomic mass is 10.0. The van der Waals surface area contributed by atoms with Gasteiger partial charge in [0.2, 0.25) is 10.0 Å². The number of aryl methyl sites for hydroxylation is 1. The normalized spacial score (nSPS) is 16.8. The van der Waals surface area contributed by atoms with E-state index < -0.39 is 50.3 Å². The molecule has 0 radical (unpaired) electrons. The minimum Gasteiger partial charge on any atom is -0.288 e. The van der Waals surface area contributed by atoms with Crippen LogP contribution < -0.4 is 10.2 Å². The second-order valence-electron chi connectivity index (χ2n) is 7.22. The van der Waals surface area contributed by atoms with Crippen LogP contribution in [0.15, 0.2) is 47.4 Å². The average Bonchev–Trinajstić information content (AvgIpc) is 3.11. The molecule has 0 saturated heterocycles. The van der Waals surface area contributed by atoms with E-state index in [0.717, 1.165) is 6.08 Å². The Balaban J connectivity index is 1.91. The molecule has 0 saturated carbocycles. The Kier molecular flexibility index (Phi) is 6.60. The van der Waals surface area contributed by atoms with Crippen molar-refractivity contribution < 1.29 is 44.8 Å². The van der Waals surface area contributed by atoms with Gasteiger partial charge in [0.25, 0.3) is 5.91 Å². The molecule has 1 unspecified atom stereocenters. The van der Waals surface area contributed by atoms with Crippen molar-refractivity contribution in [1.82, 2.24) is 10.2 Å². The van der Waals surface area contributed by atoms with Gasteiger partial charge < -0.3 is 0 Å². The molecule has 6 nitrogen and oxygen atoms in total. The lowest BCUT2D eigenvalue weighted by Crippen LogP contribution is -2.28. The van der Waals surface area contributed by atoms with Gasteiger partial charge >= 0.3 is 12.4 Å². The average molecular weight is 494 g/mol. The van der Waals surface area contributed by atoms with Crippen molar-refractivity contribution in [3.05, 3.63) is 70.3 Å². The highest BCUT2D eigenvalue weighted by molar-refractivity contribution is 7.89. The van der Waals surface area contributed by atoms with Crippen molar-refractivity contribution in [1.29, 1.82) is 0 Å². The summed E-state index contributed by atoms with van der Waals surface area (Å²) in [6, 6.07) is 4.04. The molecule has 0 fully saturated rings. The molecular formula is C20H16F6N2O4S. The fraction of sp³-hybridized carbons (Fsp3) is 0.250. The summed E-state index contributed by atoms with van der Waals surface area (Å²) in [5.74, 6) is -0.763. The van der Waals surface area contributed by atoms with Crippen molar-refractivity contribution in [3.8, 4) is 0 Å². The van der Waals surface area contributed by atoms with Gasteiger partial charge in [-0.2, -0.15) is 26.3 Å². The number of hydroxylamine groups is 1. The minimum atomic E-state index is -5.18. The fourth-order valence-corrected chi connectivity index (χ4v) is 4.73. The Morgan fingerprint density at radius 2 is 1.61 bits per heavy atom. The Morgan fingerprint density at radius 3 is 2.15 bits per heavy atom. The lowest BCUT2D eigenvalue weighted by Gasteiger charge is -2.17. The van der Waals surface area contributed by atoms with E-state index in [4.69, 9.17) is 5.21 Å². The number of carbonyl (C=O) groups excluding carboxylic acids is 1. The zero-order valence-electron chi connectivity index (χ0n) is 16.5. The van der Waals surface area contributed by atoms with Crippen LogP contribution in [-0.2, 0) is 33.6 Å². The van der Waals surface area contributed by atoms with Crippen molar-refractivity contribution >= 4 is 22.0 Å². The maximum absolute atomic E-state index is 13.1. The van der Waals surface area contributed by atoms with Crippen LogP contribution in [0.3, 0.4) is 0 Å². The largest absolute Gasteiger partial charge is 0.416 e. The molecule has 0 aromatic heterocycles. The van der Waals surface area contributed by atoms with Gasteiger partial charge in [0.1, 0.15) is 0 Å². The maximum Gasteiger partial charge on any atom is 0.416 e. The van der Waals surface area contributed by atoms with Crippen LogP contribution in [0, 0.1) is 0 Å². The van der Waals surface area contributed by atoms with Crippen LogP contribution in [-0.4, -0.2) is 19.5 Å². The Bertz CT molecular complexity index is 1170. The number of benzene rings is 2. The number of fused-ring (bicyclic) bond motifs is 1. The van der Waals surface area contributed by atoms with E-state index in [9.17, 15) is 39.6 Å². The highest BCUT2D eigenvalue weighted by Crippen LogP contribution is 2.38. The van der Waals surface area contributed by atoms with Crippen LogP contribution in [0.5, 0.6) is 0 Å². The molecule has 2 aromatic rings. The lowest BCUT2D eigenvalue weighted by molar-refractivity contribution is -0.143. The van der Waals surface area contributed by atoms with Gasteiger partial charge in [-0.05, 0) is 53.8 Å². The summed E-state index contributed by atoms with van der Waals surface area (Å²) in [7, 11) is -4.73. The predicted octanol–water partition coefficient (Wildman–Crippen LogP) is 4.21. The molecule has 33 heavy (non-hydrogen) atoms. The second-order valence-corrected chi connectivity index (χ2v) is 8.94. The first-order valence-electron chi connectivity index (χ1n) is 9.27. The monoisotopic (exact) mass is 494 g/mol. The van der Waals surface area contributed by atoms with Crippen molar-refractivity contribution in [2.45, 2.75) is 36.1 Å². The number of halogens is 6. The van der Waals surface area contributed by atoms with Gasteiger partial charge in [0.15, 0.2) is 0 Å². The minimum absolute atomic E-state index is 0.143. The number of sulfonamides is 1. The van der Waals surface area contributed by atoms with E-state index >= 15 is 0 Å². The van der Waals surface area contributed by atoms with Gasteiger partial charge in [-0.1, -0.05) is 18.2 Å². The van der Waals surface area contributed by atoms with Crippen LogP contribution in [0.25, 0.3) is 6.08 Å². The van der Waals surface area contributed by atoms with Crippen LogP contribution in [0.1, 0.15) is 40.3 Å². The van der Waals surface area contributed by atoms with Crippen LogP contribution in [0.4, 0.5) is 26.3 Å². The zero-order chi connectivity index (χ0) is 24.6. The quantitative estimate of drug-likeness (QED) is 0.251. The summed E-state index contributed by atoms with van der Waals surface area (Å²) < 4.78 is 106. The molecule has 1 amide bonds. The number of carbonyl (C=O) groups is 1. The molecule has 3 N–H and O–H groups in total. The molecule has 178 valence electrons. The molecule has 0 heterocycles. The van der Waals surface area contributed by atoms with Crippen molar-refractivity contribution in [3.63, 3.8) is 0 Å². The van der Waals surface area contributed by atoms with Crippen LogP contribution in [0.2, 0.25) is 0 Å². The van der Waals surface area contributed by atoms with E-state index in [1.165, 1.54) is 11.6 Å². The number of rotatable bonds is 5. The fourth-order valence-electron chi connectivity index (χ4n) is 3.41. The highest BCUT2D eigenvalue weighted by Gasteiger charge is 2.39. The Morgan fingerprint density at radius 1 is 1.00 bits per heavy atom. The summed E-state index contributed by atoms with van der Waals surface area (Å²) in [6.07, 6.45) is -7.30. The molecular weight excluding hydrogens is 478 g/mol. The Labute approximate surface area is 183 Å². The molecule has 1 aliphatic rings. The van der Waals surface area contributed by atoms with E-state index in [-0.39, 0.29) is 24.6 Å². The third-order valence-corrected chi connectivity index (χ3v) is 6.40. The van der Waals surface area contributed by atoms with Gasteiger partial charge in [-0.3, -0.25) is 10.0 Å². The Hall–Kier alpha value is -2.90. The second kappa shape index (κ2) is 8.80. The molecule has 0 aliphatic heterocycles. The molecule has 1 atom stereocenters. The summed E-state index contributed by atoms with van der Waals surface area (Å²) in [5, 5.41) is 8.49. The third-order valence-electron chi connectivity index (χ3n) is 4.95. The van der Waals surface area contributed by atoms with E-state index in [1.54, 1.807) is 18.2 Å². The number of hydrogen-bond acceptors (Lipinski definition) is 4. The van der Waals surface area contributed by atoms with E-state index in [0.29, 0.717) is 23.1 Å². The van der Waals surface area contributed by atoms with E-state index in [2.05, 4.69) is 4.72 Å². The first kappa shape index (κ1) is 24.7. The van der Waals surface area contributed by atoms with E-state index in [1.807, 2.05) is 0 Å². The molecule has 13 heteroatoms. The standard InChI is InChI=1S/C20H16F6N2O4S/c21-19(22,23)13-8-14(20(24,25)26)10-15(9-13)33(31,32)28-17-5-3-12-7-11(1-4-16(12)17)2-6-18(29)27-30/h1-2,4,6-10,17,28,30H,3,5H2,(H,27,29)/b6-2+. The van der Waals surface area contributed by atoms with Gasteiger partial charge in [-0.25, -0.2) is 18.6 Å². The molecule has 1 aliphatic carbocycles. The van der Waals surface area contributed by atoms with Crippen LogP contribution >= 0.6 is 0 Å². The van der Waals surface area contributed by atoms with Gasteiger partial charge in [0, 0.05) is 12.1 Å². The number of alkyl halides is 6. The zero-order valence-corrected chi connectivity index (χ0v) is 17.3. The molecule has 3 rings (SSSR count). The highest BCUT2D eigenvalue weighted by atomic mass is 32.2. The predicted molar refractivity (Wildman–Crippen MR) is 103 cm³/mol. The summed E-state index contributed by atoms with van der Waals surface area (Å²) >= 11 is 0. The molecule has 0 spiro atoms. The summed E-state index contributed by atoms with van der Waals surface area (Å²) in [4.78, 5) is 9.92. The number of hydrogen-bond donors (Lipinski definition) is 3. The molecule has 2 aromatic carbocycles. The number of nitrogens with one attached hydrogen (secondary N) is 2. The maximum atomic E-state index is 13.1.